The Kier molecular flexibility index (Phi) is 3.63. The lowest BCUT2D eigenvalue weighted by Crippen LogP contribution is -2.25. The highest BCUT2D eigenvalue weighted by molar-refractivity contribution is 7.18. The molecule has 0 aliphatic carbocycles. The molecule has 1 N–H and O–H groups in total. The molecular formula is C14H13ClN2O2S. The molecular weight excluding hydrogens is 296 g/mol. The number of carbonyl (C=O) groups is 1. The van der Waals surface area contributed by atoms with Gasteiger partial charge in [-0.1, -0.05) is 47.2 Å². The molecule has 2 heterocycles. The van der Waals surface area contributed by atoms with Gasteiger partial charge in [-0.05, 0) is 24.0 Å². The van der Waals surface area contributed by atoms with Crippen molar-refractivity contribution in [3.8, 4) is 0 Å². The van der Waals surface area contributed by atoms with E-state index in [2.05, 4.69) is 34.1 Å². The number of hydrogen-bond donors (Lipinski definition) is 1. The summed E-state index contributed by atoms with van der Waals surface area (Å²) in [5, 5.41) is 9.82. The van der Waals surface area contributed by atoms with Gasteiger partial charge in [0.1, 0.15) is 0 Å². The molecule has 0 saturated heterocycles. The van der Waals surface area contributed by atoms with Gasteiger partial charge in [-0.15, -0.1) is 0 Å². The minimum absolute atomic E-state index is 0.0826. The van der Waals surface area contributed by atoms with Crippen LogP contribution in [0.1, 0.15) is 20.8 Å². The Labute approximate surface area is 125 Å². The number of carboxylic acid groups (broad SMARTS) is 1. The molecule has 0 atom stereocenters. The molecule has 3 rings (SSSR count). The second kappa shape index (κ2) is 5.42. The van der Waals surface area contributed by atoms with Crippen molar-refractivity contribution in [1.29, 1.82) is 0 Å². The number of anilines is 1. The number of rotatable bonds is 2. The maximum absolute atomic E-state index is 11.0. The lowest BCUT2D eigenvalue weighted by atomic mass is 10.0. The van der Waals surface area contributed by atoms with Crippen LogP contribution < -0.4 is 4.90 Å². The standard InChI is InChI=1S/C14H13ClN2O2S/c15-12-11(13(18)19)20-14(16-12)17-7-5-9-3-1-2-4-10(9)6-8-17/h1-4H,5-8H2,(H,18,19). The predicted octanol–water partition coefficient (Wildman–Crippen LogP) is 3.10. The Morgan fingerprint density at radius 1 is 1.25 bits per heavy atom. The maximum Gasteiger partial charge on any atom is 0.349 e. The average molecular weight is 309 g/mol. The van der Waals surface area contributed by atoms with Crippen LogP contribution in [0.25, 0.3) is 0 Å². The van der Waals surface area contributed by atoms with Crippen LogP contribution in [0.2, 0.25) is 5.15 Å². The molecule has 104 valence electrons. The van der Waals surface area contributed by atoms with Crippen LogP contribution in [0, 0.1) is 0 Å². The van der Waals surface area contributed by atoms with Crippen molar-refractivity contribution in [1.82, 2.24) is 4.98 Å². The quantitative estimate of drug-likeness (QED) is 0.926. The van der Waals surface area contributed by atoms with E-state index in [9.17, 15) is 4.79 Å². The highest BCUT2D eigenvalue weighted by atomic mass is 35.5. The van der Waals surface area contributed by atoms with Gasteiger partial charge in [-0.3, -0.25) is 0 Å². The van der Waals surface area contributed by atoms with E-state index in [1.807, 2.05) is 0 Å². The molecule has 0 saturated carbocycles. The third-order valence-corrected chi connectivity index (χ3v) is 4.95. The van der Waals surface area contributed by atoms with Gasteiger partial charge in [0, 0.05) is 13.1 Å². The molecule has 0 amide bonds. The highest BCUT2D eigenvalue weighted by Gasteiger charge is 2.21. The van der Waals surface area contributed by atoms with Gasteiger partial charge in [0.15, 0.2) is 15.2 Å². The van der Waals surface area contributed by atoms with E-state index in [0.717, 1.165) is 37.3 Å². The Hall–Kier alpha value is -1.59. The monoisotopic (exact) mass is 308 g/mol. The summed E-state index contributed by atoms with van der Waals surface area (Å²) in [6.07, 6.45) is 1.88. The van der Waals surface area contributed by atoms with Crippen molar-refractivity contribution in [3.05, 3.63) is 45.4 Å². The molecule has 1 aromatic heterocycles. The highest BCUT2D eigenvalue weighted by Crippen LogP contribution is 2.31. The summed E-state index contributed by atoms with van der Waals surface area (Å²) in [6, 6.07) is 8.40. The first-order chi connectivity index (χ1) is 9.65. The van der Waals surface area contributed by atoms with E-state index in [4.69, 9.17) is 16.7 Å². The zero-order chi connectivity index (χ0) is 14.1. The Bertz CT molecular complexity index is 629. The molecule has 2 aromatic rings. The topological polar surface area (TPSA) is 53.4 Å². The number of halogens is 1. The van der Waals surface area contributed by atoms with E-state index in [1.165, 1.54) is 11.1 Å². The summed E-state index contributed by atoms with van der Waals surface area (Å²) in [6.45, 7) is 1.67. The fourth-order valence-corrected chi connectivity index (χ4v) is 3.59. The van der Waals surface area contributed by atoms with Crippen molar-refractivity contribution >= 4 is 34.0 Å². The fraction of sp³-hybridized carbons (Fsp3) is 0.286. The van der Waals surface area contributed by atoms with Crippen LogP contribution in [0.5, 0.6) is 0 Å². The van der Waals surface area contributed by atoms with Crippen molar-refractivity contribution in [3.63, 3.8) is 0 Å². The number of benzene rings is 1. The number of aromatic carboxylic acids is 1. The summed E-state index contributed by atoms with van der Waals surface area (Å²) >= 11 is 7.03. The molecule has 0 unspecified atom stereocenters. The summed E-state index contributed by atoms with van der Waals surface area (Å²) in [4.78, 5) is 17.4. The smallest absolute Gasteiger partial charge is 0.349 e. The van der Waals surface area contributed by atoms with Crippen LogP contribution >= 0.6 is 22.9 Å². The van der Waals surface area contributed by atoms with Gasteiger partial charge in [-0.2, -0.15) is 0 Å². The summed E-state index contributed by atoms with van der Waals surface area (Å²) < 4.78 is 0. The van der Waals surface area contributed by atoms with E-state index in [1.54, 1.807) is 0 Å². The number of carboxylic acids is 1. The number of fused-ring (bicyclic) bond motifs is 1. The Morgan fingerprint density at radius 2 is 1.85 bits per heavy atom. The van der Waals surface area contributed by atoms with Crippen LogP contribution in [0.3, 0.4) is 0 Å². The Morgan fingerprint density at radius 3 is 2.35 bits per heavy atom. The van der Waals surface area contributed by atoms with Gasteiger partial charge in [0.25, 0.3) is 0 Å². The van der Waals surface area contributed by atoms with Crippen LogP contribution in [0.4, 0.5) is 5.13 Å². The van der Waals surface area contributed by atoms with Gasteiger partial charge in [-0.25, -0.2) is 9.78 Å². The minimum atomic E-state index is -1.02. The first-order valence-electron chi connectivity index (χ1n) is 6.36. The second-order valence-electron chi connectivity index (χ2n) is 4.68. The van der Waals surface area contributed by atoms with Crippen molar-refractivity contribution in [2.75, 3.05) is 18.0 Å². The second-order valence-corrected chi connectivity index (χ2v) is 6.01. The SMILES string of the molecule is O=C(O)c1sc(N2CCc3ccccc3CC2)nc1Cl. The molecule has 0 fully saturated rings. The van der Waals surface area contributed by atoms with Crippen LogP contribution in [-0.2, 0) is 12.8 Å². The van der Waals surface area contributed by atoms with Crippen molar-refractivity contribution < 1.29 is 9.90 Å². The third kappa shape index (κ3) is 2.51. The molecule has 20 heavy (non-hydrogen) atoms. The number of aromatic nitrogens is 1. The van der Waals surface area contributed by atoms with Gasteiger partial charge >= 0.3 is 5.97 Å². The fourth-order valence-electron chi connectivity index (χ4n) is 2.42. The van der Waals surface area contributed by atoms with E-state index < -0.39 is 5.97 Å². The summed E-state index contributed by atoms with van der Waals surface area (Å²) in [7, 11) is 0. The number of thiazole rings is 1. The van der Waals surface area contributed by atoms with Crippen LogP contribution in [-0.4, -0.2) is 29.1 Å². The van der Waals surface area contributed by atoms with E-state index in [-0.39, 0.29) is 10.0 Å². The zero-order valence-electron chi connectivity index (χ0n) is 10.7. The molecule has 0 radical (unpaired) electrons. The van der Waals surface area contributed by atoms with E-state index in [0.29, 0.717) is 5.13 Å². The Balaban J connectivity index is 1.83. The van der Waals surface area contributed by atoms with Crippen LogP contribution in [0.15, 0.2) is 24.3 Å². The predicted molar refractivity (Wildman–Crippen MR) is 80.1 cm³/mol. The third-order valence-electron chi connectivity index (χ3n) is 3.46. The molecule has 1 aliphatic rings. The molecule has 1 aromatic carbocycles. The number of nitrogens with zero attached hydrogens (tertiary/aromatic N) is 2. The number of hydrogen-bond acceptors (Lipinski definition) is 4. The van der Waals surface area contributed by atoms with Gasteiger partial charge < -0.3 is 10.0 Å². The average Bonchev–Trinajstić information content (AvgIpc) is 2.70. The molecule has 6 heteroatoms. The maximum atomic E-state index is 11.0. The minimum Gasteiger partial charge on any atom is -0.477 e. The van der Waals surface area contributed by atoms with Crippen molar-refractivity contribution in [2.45, 2.75) is 12.8 Å². The largest absolute Gasteiger partial charge is 0.477 e. The zero-order valence-corrected chi connectivity index (χ0v) is 12.2. The lowest BCUT2D eigenvalue weighted by molar-refractivity contribution is 0.0702. The lowest BCUT2D eigenvalue weighted by Gasteiger charge is -2.18. The summed E-state index contributed by atoms with van der Waals surface area (Å²) in [5.41, 5.74) is 2.72. The van der Waals surface area contributed by atoms with Gasteiger partial charge in [0.05, 0.1) is 0 Å². The van der Waals surface area contributed by atoms with Crippen molar-refractivity contribution in [2.24, 2.45) is 0 Å². The van der Waals surface area contributed by atoms with Gasteiger partial charge in [0.2, 0.25) is 0 Å². The molecule has 1 aliphatic heterocycles. The molecule has 4 nitrogen and oxygen atoms in total. The molecule has 0 spiro atoms. The normalized spacial score (nSPS) is 14.8. The first-order valence-corrected chi connectivity index (χ1v) is 7.56. The first kappa shape index (κ1) is 13.4. The summed E-state index contributed by atoms with van der Waals surface area (Å²) in [5.74, 6) is -1.02. The molecule has 0 bridgehead atoms. The van der Waals surface area contributed by atoms with E-state index >= 15 is 0 Å².